The second kappa shape index (κ2) is 5.46. The summed E-state index contributed by atoms with van der Waals surface area (Å²) in [6, 6.07) is 0. The summed E-state index contributed by atoms with van der Waals surface area (Å²) in [6.07, 6.45) is 1.27. The average Bonchev–Trinajstić information content (AvgIpc) is 2.36. The molecule has 1 aliphatic rings. The highest BCUT2D eigenvalue weighted by Crippen LogP contribution is 2.07. The number of carbonyl (C=O) groups is 1. The third-order valence-electron chi connectivity index (χ3n) is 2.46. The molecule has 0 unspecified atom stereocenters. The molecule has 0 radical (unpaired) electrons. The molecule has 0 atom stereocenters. The van der Waals surface area contributed by atoms with Crippen LogP contribution in [-0.2, 0) is 14.6 Å². The van der Waals surface area contributed by atoms with Gasteiger partial charge in [0.25, 0.3) is 0 Å². The predicted octanol–water partition coefficient (Wildman–Crippen LogP) is -0.594. The maximum Gasteiger partial charge on any atom is 0.222 e. The van der Waals surface area contributed by atoms with Crippen LogP contribution in [0.15, 0.2) is 0 Å². The lowest BCUT2D eigenvalue weighted by Gasteiger charge is -2.19. The largest absolute Gasteiger partial charge is 0.396 e. The maximum absolute atomic E-state index is 11.5. The predicted molar refractivity (Wildman–Crippen MR) is 56.2 cm³/mol. The van der Waals surface area contributed by atoms with Gasteiger partial charge in [-0.05, 0) is 12.8 Å². The molecule has 0 aromatic carbocycles. The van der Waals surface area contributed by atoms with Gasteiger partial charge in [0.2, 0.25) is 5.91 Å². The van der Waals surface area contributed by atoms with Crippen LogP contribution >= 0.6 is 0 Å². The number of rotatable bonds is 3. The molecule has 5 nitrogen and oxygen atoms in total. The Hall–Kier alpha value is -0.620. The van der Waals surface area contributed by atoms with E-state index in [4.69, 9.17) is 5.11 Å². The smallest absolute Gasteiger partial charge is 0.222 e. The standard InChI is InChI=1S/C9H17NO4S/c11-6-1-3-9(12)10-4-2-7-15(13,14)8-5-10/h11H,1-8H2. The average molecular weight is 235 g/mol. The zero-order valence-corrected chi connectivity index (χ0v) is 9.50. The van der Waals surface area contributed by atoms with Crippen LogP contribution in [-0.4, -0.2) is 55.5 Å². The summed E-state index contributed by atoms with van der Waals surface area (Å²) in [5.41, 5.74) is 0. The van der Waals surface area contributed by atoms with Crippen LogP contribution in [0.4, 0.5) is 0 Å². The highest BCUT2D eigenvalue weighted by atomic mass is 32.2. The molecule has 0 spiro atoms. The van der Waals surface area contributed by atoms with Crippen molar-refractivity contribution in [3.63, 3.8) is 0 Å². The normalized spacial score (nSPS) is 21.0. The molecule has 6 heteroatoms. The van der Waals surface area contributed by atoms with Crippen molar-refractivity contribution in [2.24, 2.45) is 0 Å². The van der Waals surface area contributed by atoms with Gasteiger partial charge in [0.1, 0.15) is 0 Å². The Morgan fingerprint density at radius 2 is 2.00 bits per heavy atom. The molecule has 1 saturated heterocycles. The van der Waals surface area contributed by atoms with E-state index in [0.717, 1.165) is 0 Å². The van der Waals surface area contributed by atoms with Crippen molar-refractivity contribution >= 4 is 15.7 Å². The Morgan fingerprint density at radius 3 is 2.67 bits per heavy atom. The number of carbonyl (C=O) groups excluding carboxylic acids is 1. The fraction of sp³-hybridized carbons (Fsp3) is 0.889. The van der Waals surface area contributed by atoms with E-state index in [1.807, 2.05) is 0 Å². The molecule has 1 aliphatic heterocycles. The monoisotopic (exact) mass is 235 g/mol. The Bertz CT molecular complexity index is 312. The number of hydrogen-bond acceptors (Lipinski definition) is 4. The quantitative estimate of drug-likeness (QED) is 0.709. The first-order valence-corrected chi connectivity index (χ1v) is 6.96. The first-order valence-electron chi connectivity index (χ1n) is 5.14. The molecule has 88 valence electrons. The minimum Gasteiger partial charge on any atom is -0.396 e. The van der Waals surface area contributed by atoms with Gasteiger partial charge in [0.05, 0.1) is 11.5 Å². The third-order valence-corrected chi connectivity index (χ3v) is 4.17. The number of aliphatic hydroxyl groups excluding tert-OH is 1. The van der Waals surface area contributed by atoms with Crippen molar-refractivity contribution in [3.05, 3.63) is 0 Å². The van der Waals surface area contributed by atoms with E-state index < -0.39 is 9.84 Å². The molecule has 1 heterocycles. The zero-order valence-electron chi connectivity index (χ0n) is 8.68. The van der Waals surface area contributed by atoms with Gasteiger partial charge in [0.15, 0.2) is 9.84 Å². The van der Waals surface area contributed by atoms with E-state index in [0.29, 0.717) is 32.4 Å². The summed E-state index contributed by atoms with van der Waals surface area (Å²) in [4.78, 5) is 13.1. The summed E-state index contributed by atoms with van der Waals surface area (Å²) >= 11 is 0. The lowest BCUT2D eigenvalue weighted by atomic mass is 10.2. The van der Waals surface area contributed by atoms with E-state index in [9.17, 15) is 13.2 Å². The minimum absolute atomic E-state index is 0.00210. The summed E-state index contributed by atoms with van der Waals surface area (Å²) < 4.78 is 22.5. The minimum atomic E-state index is -2.95. The molecule has 15 heavy (non-hydrogen) atoms. The second-order valence-corrected chi connectivity index (χ2v) is 6.02. The molecule has 0 aromatic heterocycles. The van der Waals surface area contributed by atoms with Gasteiger partial charge in [-0.2, -0.15) is 0 Å². The molecule has 1 N–H and O–H groups in total. The molecule has 1 rings (SSSR count). The van der Waals surface area contributed by atoms with Gasteiger partial charge in [-0.3, -0.25) is 4.79 Å². The van der Waals surface area contributed by atoms with Crippen LogP contribution < -0.4 is 0 Å². The summed E-state index contributed by atoms with van der Waals surface area (Å²) in [6.45, 7) is 0.813. The van der Waals surface area contributed by atoms with Crippen molar-refractivity contribution in [1.82, 2.24) is 4.90 Å². The van der Waals surface area contributed by atoms with Gasteiger partial charge in [-0.25, -0.2) is 8.42 Å². The molecular formula is C9H17NO4S. The molecular weight excluding hydrogens is 218 g/mol. The molecule has 0 saturated carbocycles. The van der Waals surface area contributed by atoms with E-state index >= 15 is 0 Å². The van der Waals surface area contributed by atoms with Gasteiger partial charge in [0, 0.05) is 26.1 Å². The van der Waals surface area contributed by atoms with Crippen LogP contribution in [0.2, 0.25) is 0 Å². The van der Waals surface area contributed by atoms with Crippen LogP contribution in [0.1, 0.15) is 19.3 Å². The van der Waals surface area contributed by atoms with Gasteiger partial charge >= 0.3 is 0 Å². The first kappa shape index (κ1) is 12.4. The summed E-state index contributed by atoms with van der Waals surface area (Å²) in [7, 11) is -2.95. The van der Waals surface area contributed by atoms with E-state index in [1.165, 1.54) is 0 Å². The molecule has 0 aromatic rings. The fourth-order valence-electron chi connectivity index (χ4n) is 1.58. The van der Waals surface area contributed by atoms with E-state index in [2.05, 4.69) is 0 Å². The Labute approximate surface area is 90.0 Å². The Kier molecular flexibility index (Phi) is 4.53. The molecule has 1 fully saturated rings. The topological polar surface area (TPSA) is 74.7 Å². The van der Waals surface area contributed by atoms with Crippen molar-refractivity contribution in [2.45, 2.75) is 19.3 Å². The van der Waals surface area contributed by atoms with Gasteiger partial charge in [-0.1, -0.05) is 0 Å². The fourth-order valence-corrected chi connectivity index (χ4v) is 2.85. The molecule has 0 aliphatic carbocycles. The van der Waals surface area contributed by atoms with Crippen molar-refractivity contribution in [1.29, 1.82) is 0 Å². The second-order valence-electron chi connectivity index (χ2n) is 3.71. The highest BCUT2D eigenvalue weighted by Gasteiger charge is 2.21. The lowest BCUT2D eigenvalue weighted by Crippen LogP contribution is -2.33. The van der Waals surface area contributed by atoms with Gasteiger partial charge < -0.3 is 10.0 Å². The molecule has 1 amide bonds. The number of amides is 1. The van der Waals surface area contributed by atoms with Crippen molar-refractivity contribution in [2.75, 3.05) is 31.2 Å². The number of sulfone groups is 1. The Balaban J connectivity index is 2.47. The van der Waals surface area contributed by atoms with Crippen molar-refractivity contribution < 1.29 is 18.3 Å². The highest BCUT2D eigenvalue weighted by molar-refractivity contribution is 7.91. The van der Waals surface area contributed by atoms with Crippen LogP contribution in [0.3, 0.4) is 0 Å². The first-order chi connectivity index (χ1) is 7.05. The zero-order chi connectivity index (χ0) is 11.3. The van der Waals surface area contributed by atoms with Gasteiger partial charge in [-0.15, -0.1) is 0 Å². The van der Waals surface area contributed by atoms with Crippen LogP contribution in [0, 0.1) is 0 Å². The lowest BCUT2D eigenvalue weighted by molar-refractivity contribution is -0.131. The Morgan fingerprint density at radius 1 is 1.27 bits per heavy atom. The number of nitrogens with zero attached hydrogens (tertiary/aromatic N) is 1. The molecule has 0 bridgehead atoms. The van der Waals surface area contributed by atoms with E-state index in [1.54, 1.807) is 4.90 Å². The maximum atomic E-state index is 11.5. The number of hydrogen-bond donors (Lipinski definition) is 1. The summed E-state index contributed by atoms with van der Waals surface area (Å²) in [5, 5.41) is 8.59. The van der Waals surface area contributed by atoms with Crippen LogP contribution in [0.5, 0.6) is 0 Å². The SMILES string of the molecule is O=C(CCCO)N1CCCS(=O)(=O)CC1. The summed E-state index contributed by atoms with van der Waals surface area (Å²) in [5.74, 6) is 0.190. The van der Waals surface area contributed by atoms with Crippen LogP contribution in [0.25, 0.3) is 0 Å². The van der Waals surface area contributed by atoms with E-state index in [-0.39, 0.29) is 24.0 Å². The van der Waals surface area contributed by atoms with Crippen molar-refractivity contribution in [3.8, 4) is 0 Å². The number of aliphatic hydroxyl groups is 1. The third kappa shape index (κ3) is 4.17.